The van der Waals surface area contributed by atoms with Crippen LogP contribution in [-0.4, -0.2) is 70.3 Å². The molecule has 2 fully saturated rings. The summed E-state index contributed by atoms with van der Waals surface area (Å²) in [6, 6.07) is 0. The van der Waals surface area contributed by atoms with Gasteiger partial charge in [0, 0.05) is 35.0 Å². The zero-order chi connectivity index (χ0) is 38.7. The number of ether oxygens (including phenoxy) is 1. The number of carbonyl (C=O) groups is 1. The fourth-order valence-corrected chi connectivity index (χ4v) is 9.01. The Hall–Kier alpha value is -0.770. The van der Waals surface area contributed by atoms with Crippen molar-refractivity contribution in [2.24, 2.45) is 5.92 Å². The number of nitrogens with zero attached hydrogens (tertiary/aromatic N) is 2. The van der Waals surface area contributed by atoms with Crippen molar-refractivity contribution in [3.63, 3.8) is 0 Å². The van der Waals surface area contributed by atoms with Gasteiger partial charge in [0.2, 0.25) is 0 Å². The van der Waals surface area contributed by atoms with Crippen molar-refractivity contribution >= 4 is 5.97 Å². The summed E-state index contributed by atoms with van der Waals surface area (Å²) in [6.45, 7) is 26.2. The van der Waals surface area contributed by atoms with E-state index in [0.29, 0.717) is 0 Å². The summed E-state index contributed by atoms with van der Waals surface area (Å²) in [7, 11) is 0. The fourth-order valence-electron chi connectivity index (χ4n) is 9.01. The molecular weight excluding hydrogens is 652 g/mol. The van der Waals surface area contributed by atoms with Crippen LogP contribution in [0.4, 0.5) is 0 Å². The summed E-state index contributed by atoms with van der Waals surface area (Å²) in [6.07, 6.45) is 24.3. The van der Waals surface area contributed by atoms with E-state index < -0.39 is 0 Å². The van der Waals surface area contributed by atoms with Crippen LogP contribution in [0.5, 0.6) is 0 Å². The number of esters is 1. The van der Waals surface area contributed by atoms with Gasteiger partial charge in [-0.1, -0.05) is 117 Å². The van der Waals surface area contributed by atoms with E-state index >= 15 is 0 Å². The maximum absolute atomic E-state index is 13.9. The van der Waals surface area contributed by atoms with Gasteiger partial charge < -0.3 is 4.74 Å². The lowest BCUT2D eigenvalue weighted by molar-refractivity contribution is -0.367. The van der Waals surface area contributed by atoms with Gasteiger partial charge in [0.15, 0.2) is 0 Å². The molecule has 0 radical (unpaired) electrons. The lowest BCUT2D eigenvalue weighted by atomic mass is 9.80. The molecule has 0 spiro atoms. The molecule has 308 valence electrons. The molecule has 8 nitrogen and oxygen atoms in total. The number of hydroxylamine groups is 4. The van der Waals surface area contributed by atoms with Gasteiger partial charge in [0.1, 0.15) is 6.10 Å². The molecule has 1 unspecified atom stereocenters. The average molecular weight is 739 g/mol. The van der Waals surface area contributed by atoms with Crippen LogP contribution in [-0.2, 0) is 29.0 Å². The smallest absolute Gasteiger partial charge is 0.311 e. The molecule has 0 aromatic rings. The quantitative estimate of drug-likeness (QED) is 0.0340. The van der Waals surface area contributed by atoms with E-state index in [1.54, 1.807) is 0 Å². The lowest BCUT2D eigenvalue weighted by Crippen LogP contribution is -2.62. The molecule has 0 amide bonds. The second-order valence-electron chi connectivity index (χ2n) is 18.8. The molecule has 0 saturated carbocycles. The van der Waals surface area contributed by atoms with Crippen LogP contribution in [0.1, 0.15) is 217 Å². The summed E-state index contributed by atoms with van der Waals surface area (Å²) in [5.41, 5.74) is -0.918. The van der Waals surface area contributed by atoms with Crippen LogP contribution in [0, 0.1) is 5.92 Å². The van der Waals surface area contributed by atoms with Gasteiger partial charge in [0.25, 0.3) is 0 Å². The third-order valence-electron chi connectivity index (χ3n) is 11.3. The van der Waals surface area contributed by atoms with Crippen LogP contribution >= 0.6 is 0 Å². The Morgan fingerprint density at radius 2 is 0.904 bits per heavy atom. The van der Waals surface area contributed by atoms with Crippen LogP contribution in [0.25, 0.3) is 0 Å². The van der Waals surface area contributed by atoms with Crippen molar-refractivity contribution < 1.29 is 29.0 Å². The van der Waals surface area contributed by atoms with E-state index in [2.05, 4.69) is 86.3 Å². The van der Waals surface area contributed by atoms with Crippen molar-refractivity contribution in [1.82, 2.24) is 10.1 Å². The number of rotatable bonds is 28. The van der Waals surface area contributed by atoms with E-state index in [-0.39, 0.29) is 52.9 Å². The summed E-state index contributed by atoms with van der Waals surface area (Å²) in [5.74, 6) is -0.507. The maximum atomic E-state index is 13.9. The van der Waals surface area contributed by atoms with E-state index in [1.807, 2.05) is 0 Å². The monoisotopic (exact) mass is 739 g/mol. The predicted molar refractivity (Wildman–Crippen MR) is 215 cm³/mol. The molecule has 2 rings (SSSR count). The standard InChI is InChI=1S/C44H86N2O6/c1-12-15-18-21-24-27-30-48-45-41(4,5)32-38(33-42(45,6)7)51-40(47)37(29-26-23-20-17-14-3)36-50-52-39-34-43(8,9)46(44(10,11)35-39)49-31-28-25-22-19-16-13-2/h37-39H,12-36H2,1-11H3. The Kier molecular flexibility index (Phi) is 21.9. The normalized spacial score (nSPS) is 21.4. The van der Waals surface area contributed by atoms with Crippen LogP contribution in [0.2, 0.25) is 0 Å². The molecule has 2 heterocycles. The van der Waals surface area contributed by atoms with Gasteiger partial charge >= 0.3 is 5.97 Å². The number of carbonyl (C=O) groups excluding carboxylic acids is 1. The minimum absolute atomic E-state index is 0.0811. The predicted octanol–water partition coefficient (Wildman–Crippen LogP) is 12.1. The van der Waals surface area contributed by atoms with Crippen molar-refractivity contribution in [2.45, 2.75) is 252 Å². The highest BCUT2D eigenvalue weighted by molar-refractivity contribution is 5.72. The van der Waals surface area contributed by atoms with Gasteiger partial charge in [0.05, 0.1) is 31.8 Å². The van der Waals surface area contributed by atoms with E-state index in [0.717, 1.165) is 71.0 Å². The summed E-state index contributed by atoms with van der Waals surface area (Å²) >= 11 is 0. The van der Waals surface area contributed by atoms with Crippen LogP contribution in [0.15, 0.2) is 0 Å². The van der Waals surface area contributed by atoms with Crippen molar-refractivity contribution in [2.75, 3.05) is 19.8 Å². The third-order valence-corrected chi connectivity index (χ3v) is 11.3. The third kappa shape index (κ3) is 16.9. The number of hydrogen-bond donors (Lipinski definition) is 0. The first-order valence-electron chi connectivity index (χ1n) is 21.9. The molecule has 2 aliphatic rings. The Balaban J connectivity index is 1.94. The van der Waals surface area contributed by atoms with Crippen molar-refractivity contribution in [1.29, 1.82) is 0 Å². The van der Waals surface area contributed by atoms with Gasteiger partial charge in [-0.15, -0.1) is 0 Å². The highest BCUT2D eigenvalue weighted by Gasteiger charge is 2.49. The van der Waals surface area contributed by atoms with Crippen LogP contribution in [0.3, 0.4) is 0 Å². The Morgan fingerprint density at radius 1 is 0.538 bits per heavy atom. The molecular formula is C44H86N2O6. The largest absolute Gasteiger partial charge is 0.462 e. The topological polar surface area (TPSA) is 69.7 Å². The molecule has 8 heteroatoms. The molecule has 0 aromatic carbocycles. The molecule has 1 atom stereocenters. The van der Waals surface area contributed by atoms with E-state index in [9.17, 15) is 4.79 Å². The van der Waals surface area contributed by atoms with Gasteiger partial charge in [-0.3, -0.25) is 14.5 Å². The highest BCUT2D eigenvalue weighted by atomic mass is 17.2. The maximum Gasteiger partial charge on any atom is 0.311 e. The second-order valence-corrected chi connectivity index (χ2v) is 18.8. The van der Waals surface area contributed by atoms with Crippen molar-refractivity contribution in [3.05, 3.63) is 0 Å². The Morgan fingerprint density at radius 3 is 1.33 bits per heavy atom. The Bertz CT molecular complexity index is 917. The van der Waals surface area contributed by atoms with Gasteiger partial charge in [-0.05, 0) is 87.5 Å². The molecule has 0 aliphatic carbocycles. The summed E-state index contributed by atoms with van der Waals surface area (Å²) < 4.78 is 6.35. The molecule has 0 N–H and O–H groups in total. The first-order chi connectivity index (χ1) is 24.6. The first-order valence-corrected chi connectivity index (χ1v) is 21.9. The highest BCUT2D eigenvalue weighted by Crippen LogP contribution is 2.41. The summed E-state index contributed by atoms with van der Waals surface area (Å²) in [5, 5.41) is 4.39. The molecule has 2 saturated heterocycles. The Labute approximate surface area is 322 Å². The molecule has 52 heavy (non-hydrogen) atoms. The zero-order valence-corrected chi connectivity index (χ0v) is 36.3. The number of unbranched alkanes of at least 4 members (excludes halogenated alkanes) is 14. The zero-order valence-electron chi connectivity index (χ0n) is 36.3. The van der Waals surface area contributed by atoms with Crippen LogP contribution < -0.4 is 0 Å². The minimum Gasteiger partial charge on any atom is -0.462 e. The average Bonchev–Trinajstić information content (AvgIpc) is 3.03. The van der Waals surface area contributed by atoms with E-state index in [1.165, 1.54) is 83.5 Å². The van der Waals surface area contributed by atoms with E-state index in [4.69, 9.17) is 24.2 Å². The van der Waals surface area contributed by atoms with Gasteiger partial charge in [-0.2, -0.15) is 10.1 Å². The molecule has 2 aliphatic heterocycles. The van der Waals surface area contributed by atoms with Crippen molar-refractivity contribution in [3.8, 4) is 0 Å². The molecule has 0 bridgehead atoms. The first kappa shape index (κ1) is 47.4. The van der Waals surface area contributed by atoms with Gasteiger partial charge in [-0.25, -0.2) is 9.78 Å². The second kappa shape index (κ2) is 24.0. The number of hydrogen-bond acceptors (Lipinski definition) is 8. The summed E-state index contributed by atoms with van der Waals surface area (Å²) in [4.78, 5) is 38.9. The molecule has 0 aromatic heterocycles. The lowest BCUT2D eigenvalue weighted by Gasteiger charge is -2.53. The SMILES string of the molecule is CCCCCCCCON1C(C)(C)CC(OOCC(CCCCCCC)C(=O)OC2CC(C)(C)N(OCCCCCCCC)C(C)(C)C2)CC1(C)C. The minimum atomic E-state index is -0.350. The number of piperidine rings is 2. The fraction of sp³-hybridized carbons (Fsp3) is 0.977.